The van der Waals surface area contributed by atoms with Crippen LogP contribution in [0.1, 0.15) is 24.0 Å². The van der Waals surface area contributed by atoms with Crippen LogP contribution in [-0.4, -0.2) is 9.97 Å². The van der Waals surface area contributed by atoms with Crippen molar-refractivity contribution in [2.75, 3.05) is 0 Å². The van der Waals surface area contributed by atoms with Crippen molar-refractivity contribution in [1.29, 1.82) is 0 Å². The van der Waals surface area contributed by atoms with Crippen molar-refractivity contribution in [2.45, 2.75) is 30.9 Å². The molecule has 1 aromatic heterocycles. The van der Waals surface area contributed by atoms with Gasteiger partial charge in [0.05, 0.1) is 5.75 Å². The Morgan fingerprint density at radius 1 is 1.32 bits per heavy atom. The number of rotatable bonds is 4. The van der Waals surface area contributed by atoms with Crippen molar-refractivity contribution in [1.82, 2.24) is 9.97 Å². The molecule has 0 saturated carbocycles. The molecule has 0 atom stereocenters. The molecule has 0 aliphatic rings. The van der Waals surface area contributed by atoms with Crippen LogP contribution < -0.4 is 0 Å². The first-order chi connectivity index (χ1) is 9.10. The molecule has 0 amide bonds. The number of thioether (sulfide) groups is 1. The van der Waals surface area contributed by atoms with Crippen molar-refractivity contribution < 1.29 is 0 Å². The number of hydrogen-bond acceptors (Lipinski definition) is 3. The van der Waals surface area contributed by atoms with Crippen LogP contribution in [-0.2, 0) is 12.2 Å². The summed E-state index contributed by atoms with van der Waals surface area (Å²) in [6.45, 7) is 4.15. The van der Waals surface area contributed by atoms with E-state index in [4.69, 9.17) is 12.2 Å². The van der Waals surface area contributed by atoms with Crippen LogP contribution in [0.2, 0.25) is 0 Å². The summed E-state index contributed by atoms with van der Waals surface area (Å²) >= 11 is 10.5. The maximum absolute atomic E-state index is 5.30. The zero-order chi connectivity index (χ0) is 13.8. The number of benzene rings is 1. The molecule has 100 valence electrons. The smallest absolute Gasteiger partial charge is 0.132 e. The van der Waals surface area contributed by atoms with Gasteiger partial charge in [0.25, 0.3) is 0 Å². The number of halogens is 1. The second-order valence-electron chi connectivity index (χ2n) is 4.19. The van der Waals surface area contributed by atoms with E-state index in [1.54, 1.807) is 11.8 Å². The van der Waals surface area contributed by atoms with Gasteiger partial charge in [-0.15, -0.1) is 11.8 Å². The highest BCUT2D eigenvalue weighted by atomic mass is 79.9. The average molecular weight is 355 g/mol. The number of aromatic amines is 1. The molecule has 0 aliphatic heterocycles. The van der Waals surface area contributed by atoms with Gasteiger partial charge in [-0.2, -0.15) is 0 Å². The van der Waals surface area contributed by atoms with Crippen LogP contribution in [0, 0.1) is 11.6 Å². The third-order valence-electron chi connectivity index (χ3n) is 2.85. The lowest BCUT2D eigenvalue weighted by molar-refractivity contribution is 0.910. The molecule has 19 heavy (non-hydrogen) atoms. The number of nitrogens with zero attached hydrogens (tertiary/aromatic N) is 1. The quantitative estimate of drug-likeness (QED) is 0.614. The van der Waals surface area contributed by atoms with Gasteiger partial charge in [0.2, 0.25) is 0 Å². The van der Waals surface area contributed by atoms with Gasteiger partial charge in [-0.25, -0.2) is 4.98 Å². The molecule has 1 aromatic carbocycles. The molecule has 1 heterocycles. The van der Waals surface area contributed by atoms with E-state index < -0.39 is 0 Å². The van der Waals surface area contributed by atoms with Crippen LogP contribution in [0.3, 0.4) is 0 Å². The number of aryl methyl sites for hydroxylation is 1. The molecule has 0 fully saturated rings. The summed E-state index contributed by atoms with van der Waals surface area (Å²) in [7, 11) is 0. The molecule has 2 nitrogen and oxygen atoms in total. The summed E-state index contributed by atoms with van der Waals surface area (Å²) in [5, 5.41) is 0. The van der Waals surface area contributed by atoms with E-state index in [-0.39, 0.29) is 0 Å². The predicted octanol–water partition coefficient (Wildman–Crippen LogP) is 5.06. The fourth-order valence-corrected chi connectivity index (χ4v) is 3.00. The van der Waals surface area contributed by atoms with Crippen molar-refractivity contribution in [3.8, 4) is 0 Å². The van der Waals surface area contributed by atoms with Crippen LogP contribution in [0.5, 0.6) is 0 Å². The van der Waals surface area contributed by atoms with Crippen molar-refractivity contribution >= 4 is 39.9 Å². The molecule has 0 radical (unpaired) electrons. The number of aromatic nitrogens is 2. The van der Waals surface area contributed by atoms with Gasteiger partial charge < -0.3 is 4.98 Å². The third kappa shape index (κ3) is 3.91. The van der Waals surface area contributed by atoms with Gasteiger partial charge in [0.1, 0.15) is 10.5 Å². The predicted molar refractivity (Wildman–Crippen MR) is 87.2 cm³/mol. The standard InChI is InChI=1S/C14H15BrN2S2/c1-3-12-9(2)14(18)17-13(16-12)8-19-11-6-4-10(15)5-7-11/h4-7H,3,8H2,1-2H3,(H,16,17,18). The summed E-state index contributed by atoms with van der Waals surface area (Å²) in [4.78, 5) is 9.05. The Balaban J connectivity index is 2.13. The van der Waals surface area contributed by atoms with E-state index in [1.807, 2.05) is 19.1 Å². The molecule has 5 heteroatoms. The minimum atomic E-state index is 0.710. The number of nitrogens with one attached hydrogen (secondary N) is 1. The van der Waals surface area contributed by atoms with Crippen molar-refractivity contribution in [3.63, 3.8) is 0 Å². The highest BCUT2D eigenvalue weighted by Gasteiger charge is 2.04. The lowest BCUT2D eigenvalue weighted by Gasteiger charge is -2.07. The van der Waals surface area contributed by atoms with Gasteiger partial charge in [0, 0.05) is 20.6 Å². The van der Waals surface area contributed by atoms with E-state index in [0.29, 0.717) is 4.64 Å². The molecule has 0 spiro atoms. The van der Waals surface area contributed by atoms with Crippen LogP contribution in [0.4, 0.5) is 0 Å². The maximum Gasteiger partial charge on any atom is 0.132 e. The summed E-state index contributed by atoms with van der Waals surface area (Å²) < 4.78 is 1.81. The second-order valence-corrected chi connectivity index (χ2v) is 6.54. The lowest BCUT2D eigenvalue weighted by Crippen LogP contribution is -2.01. The lowest BCUT2D eigenvalue weighted by atomic mass is 10.2. The molecule has 0 bridgehead atoms. The normalized spacial score (nSPS) is 10.7. The van der Waals surface area contributed by atoms with Gasteiger partial charge in [-0.1, -0.05) is 35.1 Å². The monoisotopic (exact) mass is 354 g/mol. The fraction of sp³-hybridized carbons (Fsp3) is 0.286. The highest BCUT2D eigenvalue weighted by molar-refractivity contribution is 9.10. The molecule has 2 aromatic rings. The Morgan fingerprint density at radius 2 is 2.00 bits per heavy atom. The minimum Gasteiger partial charge on any atom is -0.346 e. The summed E-state index contributed by atoms with van der Waals surface area (Å²) in [6, 6.07) is 8.28. The average Bonchev–Trinajstić information content (AvgIpc) is 2.41. The fourth-order valence-electron chi connectivity index (χ4n) is 1.74. The van der Waals surface area contributed by atoms with Crippen molar-refractivity contribution in [3.05, 3.63) is 50.5 Å². The SMILES string of the molecule is CCc1[nH]c(CSc2ccc(Br)cc2)nc(=S)c1C. The largest absolute Gasteiger partial charge is 0.346 e. The number of hydrogen-bond donors (Lipinski definition) is 1. The summed E-state index contributed by atoms with van der Waals surface area (Å²) in [5.74, 6) is 1.75. The van der Waals surface area contributed by atoms with Gasteiger partial charge in [-0.05, 0) is 37.6 Å². The number of H-pyrrole nitrogens is 1. The Bertz CT molecular complexity index is 620. The summed E-state index contributed by atoms with van der Waals surface area (Å²) in [6.07, 6.45) is 0.952. The van der Waals surface area contributed by atoms with Gasteiger partial charge >= 0.3 is 0 Å². The Kier molecular flexibility index (Phi) is 5.19. The van der Waals surface area contributed by atoms with Crippen LogP contribution in [0.25, 0.3) is 0 Å². The molecule has 0 aliphatic carbocycles. The first-order valence-corrected chi connectivity index (χ1v) is 8.26. The highest BCUT2D eigenvalue weighted by Crippen LogP contribution is 2.23. The molecule has 0 unspecified atom stereocenters. The third-order valence-corrected chi connectivity index (χ3v) is 4.80. The first-order valence-electron chi connectivity index (χ1n) is 6.07. The maximum atomic E-state index is 5.30. The van der Waals surface area contributed by atoms with E-state index in [0.717, 1.165) is 28.0 Å². The minimum absolute atomic E-state index is 0.710. The summed E-state index contributed by atoms with van der Waals surface area (Å²) in [5.41, 5.74) is 2.28. The Morgan fingerprint density at radius 3 is 2.63 bits per heavy atom. The molecule has 2 rings (SSSR count). The Labute approximate surface area is 131 Å². The molecular weight excluding hydrogens is 340 g/mol. The van der Waals surface area contributed by atoms with Crippen LogP contribution in [0.15, 0.2) is 33.6 Å². The Hall–Kier alpha value is -0.650. The first kappa shape index (κ1) is 14.8. The van der Waals surface area contributed by atoms with E-state index >= 15 is 0 Å². The topological polar surface area (TPSA) is 28.7 Å². The van der Waals surface area contributed by atoms with Crippen LogP contribution >= 0.6 is 39.9 Å². The van der Waals surface area contributed by atoms with Gasteiger partial charge in [0.15, 0.2) is 0 Å². The van der Waals surface area contributed by atoms with E-state index in [1.165, 1.54) is 10.6 Å². The van der Waals surface area contributed by atoms with Gasteiger partial charge in [-0.3, -0.25) is 0 Å². The second kappa shape index (κ2) is 6.68. The van der Waals surface area contributed by atoms with Crippen molar-refractivity contribution in [2.24, 2.45) is 0 Å². The van der Waals surface area contributed by atoms with E-state index in [2.05, 4.69) is 45.0 Å². The zero-order valence-electron chi connectivity index (χ0n) is 10.9. The zero-order valence-corrected chi connectivity index (χ0v) is 14.1. The van der Waals surface area contributed by atoms with E-state index in [9.17, 15) is 0 Å². The molecule has 1 N–H and O–H groups in total. The molecule has 0 saturated heterocycles. The molecular formula is C14H15BrN2S2.